The SMILES string of the molecule is CCOC(=O)c1cnc(-c2ccc[nH]2)[nH]c1=O. The van der Waals surface area contributed by atoms with Gasteiger partial charge in [-0.25, -0.2) is 9.78 Å². The Morgan fingerprint density at radius 2 is 2.35 bits per heavy atom. The quantitative estimate of drug-likeness (QED) is 0.772. The van der Waals surface area contributed by atoms with Gasteiger partial charge in [0, 0.05) is 12.4 Å². The normalized spacial score (nSPS) is 10.2. The minimum atomic E-state index is -0.667. The van der Waals surface area contributed by atoms with Crippen molar-refractivity contribution in [2.24, 2.45) is 0 Å². The minimum Gasteiger partial charge on any atom is -0.462 e. The van der Waals surface area contributed by atoms with Gasteiger partial charge < -0.3 is 14.7 Å². The molecule has 0 spiro atoms. The van der Waals surface area contributed by atoms with Crippen LogP contribution in [0.4, 0.5) is 0 Å². The van der Waals surface area contributed by atoms with Crippen molar-refractivity contribution < 1.29 is 9.53 Å². The lowest BCUT2D eigenvalue weighted by atomic mass is 10.3. The number of carbonyl (C=O) groups excluding carboxylic acids is 1. The summed E-state index contributed by atoms with van der Waals surface area (Å²) in [6.07, 6.45) is 2.93. The predicted molar refractivity (Wildman–Crippen MR) is 60.6 cm³/mol. The van der Waals surface area contributed by atoms with Gasteiger partial charge in [0.2, 0.25) is 0 Å². The van der Waals surface area contributed by atoms with Crippen molar-refractivity contribution in [3.8, 4) is 11.5 Å². The van der Waals surface area contributed by atoms with E-state index in [0.29, 0.717) is 11.5 Å². The number of esters is 1. The molecule has 0 amide bonds. The Morgan fingerprint density at radius 3 is 2.94 bits per heavy atom. The van der Waals surface area contributed by atoms with Crippen LogP contribution in [-0.4, -0.2) is 27.5 Å². The summed E-state index contributed by atoms with van der Waals surface area (Å²) in [5.41, 5.74) is 0.0720. The highest BCUT2D eigenvalue weighted by Crippen LogP contribution is 2.09. The average molecular weight is 233 g/mol. The summed E-state index contributed by atoms with van der Waals surface area (Å²) in [7, 11) is 0. The van der Waals surface area contributed by atoms with Gasteiger partial charge in [-0.1, -0.05) is 0 Å². The summed E-state index contributed by atoms with van der Waals surface area (Å²) in [4.78, 5) is 32.4. The molecule has 0 atom stereocenters. The fraction of sp³-hybridized carbons (Fsp3) is 0.182. The molecule has 0 bridgehead atoms. The van der Waals surface area contributed by atoms with Gasteiger partial charge in [-0.15, -0.1) is 0 Å². The van der Waals surface area contributed by atoms with Crippen molar-refractivity contribution in [2.45, 2.75) is 6.92 Å². The number of carbonyl (C=O) groups is 1. The molecule has 0 aliphatic heterocycles. The van der Waals surface area contributed by atoms with Crippen molar-refractivity contribution in [3.63, 3.8) is 0 Å². The standard InChI is InChI=1S/C11H11N3O3/c1-2-17-11(16)7-6-13-9(14-10(7)15)8-4-3-5-12-8/h3-6,12H,2H2,1H3,(H,13,14,15). The van der Waals surface area contributed by atoms with E-state index in [9.17, 15) is 9.59 Å². The van der Waals surface area contributed by atoms with Crippen LogP contribution in [0.3, 0.4) is 0 Å². The number of nitrogens with one attached hydrogen (secondary N) is 2. The summed E-state index contributed by atoms with van der Waals surface area (Å²) in [6.45, 7) is 1.89. The molecule has 0 radical (unpaired) electrons. The first-order valence-corrected chi connectivity index (χ1v) is 5.12. The molecule has 0 aromatic carbocycles. The number of hydrogen-bond acceptors (Lipinski definition) is 4. The van der Waals surface area contributed by atoms with Crippen LogP contribution in [0, 0.1) is 0 Å². The first-order valence-electron chi connectivity index (χ1n) is 5.12. The second-order valence-corrected chi connectivity index (χ2v) is 3.28. The van der Waals surface area contributed by atoms with Crippen molar-refractivity contribution in [2.75, 3.05) is 6.61 Å². The average Bonchev–Trinajstić information content (AvgIpc) is 2.82. The molecule has 2 rings (SSSR count). The van der Waals surface area contributed by atoms with E-state index < -0.39 is 11.5 Å². The van der Waals surface area contributed by atoms with Gasteiger partial charge in [-0.05, 0) is 19.1 Å². The predicted octanol–water partition coefficient (Wildman–Crippen LogP) is 0.942. The highest BCUT2D eigenvalue weighted by molar-refractivity contribution is 5.88. The topological polar surface area (TPSA) is 87.8 Å². The zero-order valence-corrected chi connectivity index (χ0v) is 9.19. The molecule has 0 fully saturated rings. The first kappa shape index (κ1) is 11.1. The smallest absolute Gasteiger partial charge is 0.345 e. The van der Waals surface area contributed by atoms with Crippen molar-refractivity contribution in [1.29, 1.82) is 0 Å². The third-order valence-corrected chi connectivity index (χ3v) is 2.15. The Kier molecular flexibility index (Phi) is 3.04. The highest BCUT2D eigenvalue weighted by atomic mass is 16.5. The van der Waals surface area contributed by atoms with Crippen LogP contribution in [0.2, 0.25) is 0 Å². The van der Waals surface area contributed by atoms with E-state index in [0.717, 1.165) is 0 Å². The molecule has 6 nitrogen and oxygen atoms in total. The number of H-pyrrole nitrogens is 2. The Bertz CT molecular complexity index is 572. The molecule has 2 N–H and O–H groups in total. The fourth-order valence-corrected chi connectivity index (χ4v) is 1.36. The third-order valence-electron chi connectivity index (χ3n) is 2.15. The van der Waals surface area contributed by atoms with Crippen LogP contribution in [-0.2, 0) is 4.74 Å². The summed E-state index contributed by atoms with van der Waals surface area (Å²) in [6, 6.07) is 3.55. The van der Waals surface area contributed by atoms with Crippen molar-refractivity contribution in [3.05, 3.63) is 40.4 Å². The number of aromatic amines is 2. The lowest BCUT2D eigenvalue weighted by Crippen LogP contribution is -2.21. The third kappa shape index (κ3) is 2.25. The summed E-state index contributed by atoms with van der Waals surface area (Å²) >= 11 is 0. The van der Waals surface area contributed by atoms with Gasteiger partial charge in [0.1, 0.15) is 5.56 Å². The Labute approximate surface area is 96.7 Å². The molecule has 17 heavy (non-hydrogen) atoms. The van der Waals surface area contributed by atoms with E-state index >= 15 is 0 Å². The molecule has 2 heterocycles. The van der Waals surface area contributed by atoms with Crippen LogP contribution in [0.1, 0.15) is 17.3 Å². The highest BCUT2D eigenvalue weighted by Gasteiger charge is 2.13. The Hall–Kier alpha value is -2.37. The maximum atomic E-state index is 11.6. The summed E-state index contributed by atoms with van der Waals surface area (Å²) in [5.74, 6) is -0.285. The molecule has 6 heteroatoms. The van der Waals surface area contributed by atoms with Crippen LogP contribution < -0.4 is 5.56 Å². The van der Waals surface area contributed by atoms with Gasteiger partial charge in [-0.3, -0.25) is 4.79 Å². The van der Waals surface area contributed by atoms with Gasteiger partial charge in [0.15, 0.2) is 5.82 Å². The molecule has 0 aliphatic rings. The molecule has 0 unspecified atom stereocenters. The van der Waals surface area contributed by atoms with E-state index in [1.165, 1.54) is 6.20 Å². The molecule has 2 aromatic rings. The van der Waals surface area contributed by atoms with Crippen LogP contribution >= 0.6 is 0 Å². The maximum Gasteiger partial charge on any atom is 0.345 e. The van der Waals surface area contributed by atoms with Gasteiger partial charge in [0.05, 0.1) is 12.3 Å². The van der Waals surface area contributed by atoms with E-state index in [1.54, 1.807) is 25.3 Å². The molecule has 0 aliphatic carbocycles. The number of ether oxygens (including phenoxy) is 1. The number of aromatic nitrogens is 3. The lowest BCUT2D eigenvalue weighted by molar-refractivity contribution is 0.0524. The van der Waals surface area contributed by atoms with E-state index in [1.807, 2.05) is 0 Å². The maximum absolute atomic E-state index is 11.6. The fourth-order valence-electron chi connectivity index (χ4n) is 1.36. The second-order valence-electron chi connectivity index (χ2n) is 3.28. The minimum absolute atomic E-state index is 0.0952. The van der Waals surface area contributed by atoms with Crippen molar-refractivity contribution in [1.82, 2.24) is 15.0 Å². The van der Waals surface area contributed by atoms with E-state index in [2.05, 4.69) is 15.0 Å². The zero-order valence-electron chi connectivity index (χ0n) is 9.19. The molecular weight excluding hydrogens is 222 g/mol. The van der Waals surface area contributed by atoms with Crippen molar-refractivity contribution >= 4 is 5.97 Å². The van der Waals surface area contributed by atoms with Gasteiger partial charge in [0.25, 0.3) is 5.56 Å². The van der Waals surface area contributed by atoms with Crippen LogP contribution in [0.5, 0.6) is 0 Å². The largest absolute Gasteiger partial charge is 0.462 e. The molecule has 2 aromatic heterocycles. The second kappa shape index (κ2) is 4.65. The zero-order chi connectivity index (χ0) is 12.3. The van der Waals surface area contributed by atoms with Gasteiger partial charge in [-0.2, -0.15) is 0 Å². The van der Waals surface area contributed by atoms with Crippen LogP contribution in [0.25, 0.3) is 11.5 Å². The monoisotopic (exact) mass is 233 g/mol. The van der Waals surface area contributed by atoms with E-state index in [4.69, 9.17) is 4.74 Å². The lowest BCUT2D eigenvalue weighted by Gasteiger charge is -2.01. The molecule has 0 saturated carbocycles. The molecular formula is C11H11N3O3. The molecule has 88 valence electrons. The number of hydrogen-bond donors (Lipinski definition) is 2. The van der Waals surface area contributed by atoms with E-state index in [-0.39, 0.29) is 12.2 Å². The van der Waals surface area contributed by atoms with Gasteiger partial charge >= 0.3 is 5.97 Å². The summed E-state index contributed by atoms with van der Waals surface area (Å²) < 4.78 is 4.73. The number of nitrogens with zero attached hydrogens (tertiary/aromatic N) is 1. The van der Waals surface area contributed by atoms with Crippen LogP contribution in [0.15, 0.2) is 29.3 Å². The Balaban J connectivity index is 2.36. The first-order chi connectivity index (χ1) is 8.22. The number of rotatable bonds is 3. The summed E-state index contributed by atoms with van der Waals surface area (Å²) in [5, 5.41) is 0. The Morgan fingerprint density at radius 1 is 1.53 bits per heavy atom. The molecule has 0 saturated heterocycles.